The number of allylic oxidation sites excluding steroid dienone is 1. The van der Waals surface area contributed by atoms with E-state index in [1.54, 1.807) is 25.3 Å². The molecule has 0 aliphatic heterocycles. The summed E-state index contributed by atoms with van der Waals surface area (Å²) in [5.41, 5.74) is 1.07. The molecule has 5 nitrogen and oxygen atoms in total. The van der Waals surface area contributed by atoms with Gasteiger partial charge in [0.1, 0.15) is 0 Å². The van der Waals surface area contributed by atoms with E-state index in [1.165, 1.54) is 24.3 Å². The summed E-state index contributed by atoms with van der Waals surface area (Å²) < 4.78 is 10.9. The molecule has 0 aromatic heterocycles. The summed E-state index contributed by atoms with van der Waals surface area (Å²) in [7, 11) is 1.57. The molecule has 24 heavy (non-hydrogen) atoms. The lowest BCUT2D eigenvalue weighted by molar-refractivity contribution is 0.104. The molecule has 2 N–H and O–H groups in total. The lowest BCUT2D eigenvalue weighted by atomic mass is 10.1. The van der Waals surface area contributed by atoms with Crippen LogP contribution >= 0.6 is 0 Å². The zero-order valence-corrected chi connectivity index (χ0v) is 13.8. The average molecular weight is 328 g/mol. The molecule has 5 heteroatoms. The fourth-order valence-corrected chi connectivity index (χ4v) is 2.09. The summed E-state index contributed by atoms with van der Waals surface area (Å²) in [5, 5.41) is 18.7. The maximum Gasteiger partial charge on any atom is 0.185 e. The second kappa shape index (κ2) is 7.55. The Balaban J connectivity index is 2.21. The molecular formula is C19H20O5. The number of aromatic hydroxyl groups is 2. The molecule has 0 saturated carbocycles. The minimum absolute atomic E-state index is 0.000247. The second-order valence-corrected chi connectivity index (χ2v) is 5.48. The molecule has 2 aromatic carbocycles. The highest BCUT2D eigenvalue weighted by atomic mass is 16.5. The smallest absolute Gasteiger partial charge is 0.185 e. The fraction of sp³-hybridized carbons (Fsp3) is 0.211. The minimum Gasteiger partial charge on any atom is -0.504 e. The van der Waals surface area contributed by atoms with E-state index < -0.39 is 0 Å². The predicted octanol–water partition coefficient (Wildman–Crippen LogP) is 3.79. The zero-order valence-electron chi connectivity index (χ0n) is 13.8. The van der Waals surface area contributed by atoms with Gasteiger partial charge in [-0.05, 0) is 55.8 Å². The van der Waals surface area contributed by atoms with E-state index in [0.717, 1.165) is 5.56 Å². The van der Waals surface area contributed by atoms with Gasteiger partial charge in [0.05, 0.1) is 13.2 Å². The van der Waals surface area contributed by atoms with Gasteiger partial charge in [0.2, 0.25) is 0 Å². The van der Waals surface area contributed by atoms with Gasteiger partial charge in [-0.15, -0.1) is 0 Å². The summed E-state index contributed by atoms with van der Waals surface area (Å²) in [5.74, 6) is 0.347. The average Bonchev–Trinajstić information content (AvgIpc) is 2.54. The van der Waals surface area contributed by atoms with Crippen LogP contribution in [0.5, 0.6) is 23.0 Å². The predicted molar refractivity (Wildman–Crippen MR) is 91.9 cm³/mol. The lowest BCUT2D eigenvalue weighted by Gasteiger charge is -2.13. The molecule has 0 saturated heterocycles. The first kappa shape index (κ1) is 17.4. The van der Waals surface area contributed by atoms with E-state index in [1.807, 2.05) is 19.9 Å². The van der Waals surface area contributed by atoms with Crippen LogP contribution in [0.25, 0.3) is 6.08 Å². The van der Waals surface area contributed by atoms with Crippen molar-refractivity contribution in [1.82, 2.24) is 0 Å². The van der Waals surface area contributed by atoms with Crippen LogP contribution in [0.3, 0.4) is 0 Å². The van der Waals surface area contributed by atoms with Crippen LogP contribution in [0.1, 0.15) is 29.8 Å². The van der Waals surface area contributed by atoms with Crippen LogP contribution in [0.2, 0.25) is 0 Å². The molecule has 0 aliphatic carbocycles. The molecule has 126 valence electrons. The fourth-order valence-electron chi connectivity index (χ4n) is 2.09. The van der Waals surface area contributed by atoms with E-state index in [2.05, 4.69) is 0 Å². The van der Waals surface area contributed by atoms with E-state index in [4.69, 9.17) is 9.47 Å². The maximum absolute atomic E-state index is 12.1. The third-order valence-corrected chi connectivity index (χ3v) is 3.24. The van der Waals surface area contributed by atoms with Crippen molar-refractivity contribution in [3.63, 3.8) is 0 Å². The number of hydrogen-bond acceptors (Lipinski definition) is 5. The van der Waals surface area contributed by atoms with Crippen molar-refractivity contribution in [2.45, 2.75) is 20.0 Å². The van der Waals surface area contributed by atoms with Crippen LogP contribution in [0.4, 0.5) is 0 Å². The first-order valence-corrected chi connectivity index (χ1v) is 7.49. The molecule has 0 amide bonds. The quantitative estimate of drug-likeness (QED) is 0.479. The van der Waals surface area contributed by atoms with Crippen LogP contribution in [0, 0.1) is 0 Å². The van der Waals surface area contributed by atoms with Gasteiger partial charge in [-0.3, -0.25) is 4.79 Å². The van der Waals surface area contributed by atoms with Gasteiger partial charge in [0.15, 0.2) is 28.8 Å². The maximum atomic E-state index is 12.1. The van der Waals surface area contributed by atoms with Gasteiger partial charge < -0.3 is 19.7 Å². The van der Waals surface area contributed by atoms with Crippen molar-refractivity contribution in [2.75, 3.05) is 7.11 Å². The second-order valence-electron chi connectivity index (χ2n) is 5.48. The van der Waals surface area contributed by atoms with Crippen molar-refractivity contribution in [2.24, 2.45) is 0 Å². The monoisotopic (exact) mass is 328 g/mol. The number of carbonyl (C=O) groups excluding carboxylic acids is 1. The molecular weight excluding hydrogens is 308 g/mol. The minimum atomic E-state index is -0.327. The molecule has 0 unspecified atom stereocenters. The van der Waals surface area contributed by atoms with Crippen LogP contribution in [0.15, 0.2) is 42.5 Å². The summed E-state index contributed by atoms with van der Waals surface area (Å²) in [6.45, 7) is 3.84. The van der Waals surface area contributed by atoms with Gasteiger partial charge in [0.25, 0.3) is 0 Å². The summed E-state index contributed by atoms with van der Waals surface area (Å²) >= 11 is 0. The zero-order chi connectivity index (χ0) is 17.7. The summed E-state index contributed by atoms with van der Waals surface area (Å²) in [6, 6.07) is 9.32. The standard InChI is InChI=1S/C19H20O5/c1-12(2)24-19-10-13(5-9-18(19)23-3)4-7-15(20)14-6-8-16(21)17(22)11-14/h4-12,21-22H,1-3H3/b7-4+. The highest BCUT2D eigenvalue weighted by Crippen LogP contribution is 2.30. The number of methoxy groups -OCH3 is 1. The number of ether oxygens (including phenoxy) is 2. The number of benzene rings is 2. The van der Waals surface area contributed by atoms with Crippen molar-refractivity contribution >= 4 is 11.9 Å². The Labute approximate surface area is 140 Å². The van der Waals surface area contributed by atoms with Crippen LogP contribution in [-0.4, -0.2) is 29.2 Å². The van der Waals surface area contributed by atoms with Gasteiger partial charge in [-0.25, -0.2) is 0 Å². The van der Waals surface area contributed by atoms with Crippen molar-refractivity contribution < 1.29 is 24.5 Å². The topological polar surface area (TPSA) is 76.0 Å². The van der Waals surface area contributed by atoms with E-state index in [-0.39, 0.29) is 28.9 Å². The largest absolute Gasteiger partial charge is 0.504 e. The molecule has 2 rings (SSSR count). The number of hydrogen-bond donors (Lipinski definition) is 2. The molecule has 0 heterocycles. The van der Waals surface area contributed by atoms with E-state index in [0.29, 0.717) is 11.5 Å². The molecule has 0 spiro atoms. The Hall–Kier alpha value is -2.95. The van der Waals surface area contributed by atoms with Gasteiger partial charge in [0, 0.05) is 5.56 Å². The molecule has 0 aliphatic rings. The number of carbonyl (C=O) groups is 1. The van der Waals surface area contributed by atoms with E-state index >= 15 is 0 Å². The lowest BCUT2D eigenvalue weighted by Crippen LogP contribution is -2.06. The number of rotatable bonds is 6. The Kier molecular flexibility index (Phi) is 5.47. The summed E-state index contributed by atoms with van der Waals surface area (Å²) in [4.78, 5) is 12.1. The van der Waals surface area contributed by atoms with E-state index in [9.17, 15) is 15.0 Å². The van der Waals surface area contributed by atoms with Crippen molar-refractivity contribution in [1.29, 1.82) is 0 Å². The Morgan fingerprint density at radius 1 is 1.04 bits per heavy atom. The Bertz CT molecular complexity index is 762. The molecule has 0 bridgehead atoms. The third kappa shape index (κ3) is 4.29. The van der Waals surface area contributed by atoms with Crippen LogP contribution in [-0.2, 0) is 0 Å². The molecule has 0 atom stereocenters. The first-order chi connectivity index (χ1) is 11.4. The van der Waals surface area contributed by atoms with Crippen molar-refractivity contribution in [3.05, 3.63) is 53.6 Å². The third-order valence-electron chi connectivity index (χ3n) is 3.24. The highest BCUT2D eigenvalue weighted by molar-refractivity contribution is 6.07. The number of phenols is 2. The molecule has 0 radical (unpaired) electrons. The SMILES string of the molecule is COc1ccc(/C=C/C(=O)c2ccc(O)c(O)c2)cc1OC(C)C. The van der Waals surface area contributed by atoms with Gasteiger partial charge in [-0.2, -0.15) is 0 Å². The Morgan fingerprint density at radius 2 is 1.79 bits per heavy atom. The highest BCUT2D eigenvalue weighted by Gasteiger charge is 2.08. The normalized spacial score (nSPS) is 11.0. The Morgan fingerprint density at radius 3 is 2.42 bits per heavy atom. The number of ketones is 1. The first-order valence-electron chi connectivity index (χ1n) is 7.49. The summed E-state index contributed by atoms with van der Waals surface area (Å²) in [6.07, 6.45) is 3.05. The number of phenolic OH excluding ortho intramolecular Hbond substituents is 2. The van der Waals surface area contributed by atoms with Gasteiger partial charge in [-0.1, -0.05) is 12.1 Å². The van der Waals surface area contributed by atoms with Crippen molar-refractivity contribution in [3.8, 4) is 23.0 Å². The van der Waals surface area contributed by atoms with Gasteiger partial charge >= 0.3 is 0 Å². The van der Waals surface area contributed by atoms with Crippen LogP contribution < -0.4 is 9.47 Å². The molecule has 2 aromatic rings. The molecule has 0 fully saturated rings.